The number of nitrogens with one attached hydrogen (secondary N) is 1. The summed E-state index contributed by atoms with van der Waals surface area (Å²) in [5.41, 5.74) is 6.08. The summed E-state index contributed by atoms with van der Waals surface area (Å²) in [7, 11) is 0. The highest BCUT2D eigenvalue weighted by Gasteiger charge is 2.14. The Labute approximate surface area is 142 Å². The maximum Gasteiger partial charge on any atom is 0.228 e. The number of carbonyl (C=O) groups is 1. The molecular formula is C21H23NO2. The number of rotatable bonds is 4. The molecule has 0 unspecified atom stereocenters. The lowest BCUT2D eigenvalue weighted by molar-refractivity contribution is -0.115. The van der Waals surface area contributed by atoms with Crippen LogP contribution in [0.15, 0.2) is 47.1 Å². The molecule has 0 aliphatic heterocycles. The maximum atomic E-state index is 12.6. The van der Waals surface area contributed by atoms with Crippen molar-refractivity contribution >= 4 is 22.6 Å². The lowest BCUT2D eigenvalue weighted by atomic mass is 9.98. The molecule has 2 aromatic carbocycles. The summed E-state index contributed by atoms with van der Waals surface area (Å²) in [6, 6.07) is 12.2. The maximum absolute atomic E-state index is 12.6. The first kappa shape index (κ1) is 16.3. The SMILES string of the molecule is Cc1ccc2c(CC(=O)Nc3c(C)cccc3C(C)C)coc2c1. The fraction of sp³-hybridized carbons (Fsp3) is 0.286. The van der Waals surface area contributed by atoms with Crippen LogP contribution in [-0.4, -0.2) is 5.91 Å². The molecule has 0 fully saturated rings. The molecule has 3 rings (SSSR count). The van der Waals surface area contributed by atoms with E-state index < -0.39 is 0 Å². The van der Waals surface area contributed by atoms with Crippen molar-refractivity contribution in [1.29, 1.82) is 0 Å². The molecule has 0 saturated heterocycles. The summed E-state index contributed by atoms with van der Waals surface area (Å²) in [6.45, 7) is 8.32. The second-order valence-electron chi connectivity index (χ2n) is 6.68. The molecule has 24 heavy (non-hydrogen) atoms. The van der Waals surface area contributed by atoms with E-state index >= 15 is 0 Å². The van der Waals surface area contributed by atoms with E-state index in [1.54, 1.807) is 6.26 Å². The van der Waals surface area contributed by atoms with Crippen molar-refractivity contribution in [2.45, 2.75) is 40.0 Å². The summed E-state index contributed by atoms with van der Waals surface area (Å²) in [4.78, 5) is 12.6. The van der Waals surface area contributed by atoms with Gasteiger partial charge in [0.05, 0.1) is 12.7 Å². The number of aryl methyl sites for hydroxylation is 2. The van der Waals surface area contributed by atoms with E-state index in [0.29, 0.717) is 12.3 Å². The molecule has 0 aliphatic rings. The van der Waals surface area contributed by atoms with E-state index in [1.165, 1.54) is 0 Å². The first-order chi connectivity index (χ1) is 11.5. The lowest BCUT2D eigenvalue weighted by Crippen LogP contribution is -2.16. The number of anilines is 1. The largest absolute Gasteiger partial charge is 0.464 e. The van der Waals surface area contributed by atoms with Gasteiger partial charge in [-0.05, 0) is 42.5 Å². The average molecular weight is 321 g/mol. The number of benzene rings is 2. The van der Waals surface area contributed by atoms with E-state index in [0.717, 1.165) is 38.9 Å². The molecule has 0 saturated carbocycles. The predicted octanol–water partition coefficient (Wildman–Crippen LogP) is 5.35. The van der Waals surface area contributed by atoms with Gasteiger partial charge in [0.15, 0.2) is 0 Å². The molecule has 1 aromatic heterocycles. The van der Waals surface area contributed by atoms with Crippen LogP contribution in [0.1, 0.15) is 42.0 Å². The van der Waals surface area contributed by atoms with Gasteiger partial charge in [0, 0.05) is 16.6 Å². The topological polar surface area (TPSA) is 42.2 Å². The predicted molar refractivity (Wildman–Crippen MR) is 98.6 cm³/mol. The normalized spacial score (nSPS) is 11.2. The van der Waals surface area contributed by atoms with E-state index in [4.69, 9.17) is 4.42 Å². The third-order valence-electron chi connectivity index (χ3n) is 4.35. The summed E-state index contributed by atoms with van der Waals surface area (Å²) in [5.74, 6) is 0.340. The van der Waals surface area contributed by atoms with Crippen molar-refractivity contribution in [3.63, 3.8) is 0 Å². The van der Waals surface area contributed by atoms with Gasteiger partial charge in [0.1, 0.15) is 5.58 Å². The van der Waals surface area contributed by atoms with Crippen molar-refractivity contribution in [3.8, 4) is 0 Å². The molecule has 1 N–H and O–H groups in total. The Balaban J connectivity index is 1.83. The first-order valence-electron chi connectivity index (χ1n) is 8.32. The Morgan fingerprint density at radius 3 is 2.71 bits per heavy atom. The number of carbonyl (C=O) groups excluding carboxylic acids is 1. The standard InChI is InChI=1S/C21H23NO2/c1-13(2)17-7-5-6-15(4)21(17)22-20(23)11-16-12-24-19-10-14(3)8-9-18(16)19/h5-10,12-13H,11H2,1-4H3,(H,22,23). The van der Waals surface area contributed by atoms with Crippen molar-refractivity contribution in [1.82, 2.24) is 0 Å². The van der Waals surface area contributed by atoms with Crippen LogP contribution < -0.4 is 5.32 Å². The van der Waals surface area contributed by atoms with Crippen LogP contribution >= 0.6 is 0 Å². The van der Waals surface area contributed by atoms with Gasteiger partial charge in [0.2, 0.25) is 5.91 Å². The van der Waals surface area contributed by atoms with Gasteiger partial charge in [-0.15, -0.1) is 0 Å². The van der Waals surface area contributed by atoms with Crippen molar-refractivity contribution in [2.24, 2.45) is 0 Å². The van der Waals surface area contributed by atoms with Crippen LogP contribution in [0.4, 0.5) is 5.69 Å². The van der Waals surface area contributed by atoms with Crippen LogP contribution in [0.2, 0.25) is 0 Å². The number of furan rings is 1. The molecule has 3 nitrogen and oxygen atoms in total. The molecule has 1 amide bonds. The number of hydrogen-bond acceptors (Lipinski definition) is 2. The Morgan fingerprint density at radius 1 is 1.17 bits per heavy atom. The highest BCUT2D eigenvalue weighted by molar-refractivity contribution is 5.96. The van der Waals surface area contributed by atoms with Crippen LogP contribution in [0.25, 0.3) is 11.0 Å². The van der Waals surface area contributed by atoms with Gasteiger partial charge in [0.25, 0.3) is 0 Å². The second kappa shape index (κ2) is 6.52. The second-order valence-corrected chi connectivity index (χ2v) is 6.68. The van der Waals surface area contributed by atoms with Crippen molar-refractivity contribution in [2.75, 3.05) is 5.32 Å². The average Bonchev–Trinajstić information content (AvgIpc) is 2.91. The van der Waals surface area contributed by atoms with Gasteiger partial charge >= 0.3 is 0 Å². The van der Waals surface area contributed by atoms with Crippen LogP contribution in [0.3, 0.4) is 0 Å². The highest BCUT2D eigenvalue weighted by atomic mass is 16.3. The third kappa shape index (κ3) is 3.21. The Kier molecular flexibility index (Phi) is 4.43. The van der Waals surface area contributed by atoms with Gasteiger partial charge in [-0.25, -0.2) is 0 Å². The summed E-state index contributed by atoms with van der Waals surface area (Å²) in [5, 5.41) is 4.10. The lowest BCUT2D eigenvalue weighted by Gasteiger charge is -2.16. The zero-order valence-electron chi connectivity index (χ0n) is 14.6. The Bertz CT molecular complexity index is 890. The van der Waals surface area contributed by atoms with Crippen LogP contribution in [0, 0.1) is 13.8 Å². The van der Waals surface area contributed by atoms with E-state index in [9.17, 15) is 4.79 Å². The summed E-state index contributed by atoms with van der Waals surface area (Å²) in [6.07, 6.45) is 1.99. The molecule has 0 bridgehead atoms. The zero-order valence-corrected chi connectivity index (χ0v) is 14.6. The number of amides is 1. The molecule has 0 atom stereocenters. The van der Waals surface area contributed by atoms with E-state index in [2.05, 4.69) is 25.2 Å². The smallest absolute Gasteiger partial charge is 0.228 e. The molecule has 3 aromatic rings. The number of para-hydroxylation sites is 1. The molecule has 124 valence electrons. The fourth-order valence-corrected chi connectivity index (χ4v) is 3.03. The minimum absolute atomic E-state index is 0.0190. The van der Waals surface area contributed by atoms with E-state index in [1.807, 2.05) is 44.2 Å². The molecule has 3 heteroatoms. The molecule has 1 heterocycles. The van der Waals surface area contributed by atoms with Gasteiger partial charge < -0.3 is 9.73 Å². The molecular weight excluding hydrogens is 298 g/mol. The molecule has 0 aliphatic carbocycles. The molecule has 0 spiro atoms. The minimum Gasteiger partial charge on any atom is -0.464 e. The molecule has 0 radical (unpaired) electrons. The minimum atomic E-state index is -0.0190. The van der Waals surface area contributed by atoms with Gasteiger partial charge in [-0.3, -0.25) is 4.79 Å². The summed E-state index contributed by atoms with van der Waals surface area (Å²) >= 11 is 0. The number of fused-ring (bicyclic) bond motifs is 1. The highest BCUT2D eigenvalue weighted by Crippen LogP contribution is 2.28. The van der Waals surface area contributed by atoms with Crippen molar-refractivity contribution in [3.05, 3.63) is 64.9 Å². The quantitative estimate of drug-likeness (QED) is 0.703. The third-order valence-corrected chi connectivity index (χ3v) is 4.35. The van der Waals surface area contributed by atoms with Crippen LogP contribution in [0.5, 0.6) is 0 Å². The zero-order chi connectivity index (χ0) is 17.3. The number of hydrogen-bond donors (Lipinski definition) is 1. The Hall–Kier alpha value is -2.55. The first-order valence-corrected chi connectivity index (χ1v) is 8.32. The fourth-order valence-electron chi connectivity index (χ4n) is 3.03. The van der Waals surface area contributed by atoms with Crippen LogP contribution in [-0.2, 0) is 11.2 Å². The van der Waals surface area contributed by atoms with E-state index in [-0.39, 0.29) is 5.91 Å². The Morgan fingerprint density at radius 2 is 1.96 bits per heavy atom. The van der Waals surface area contributed by atoms with Gasteiger partial charge in [-0.1, -0.05) is 44.2 Å². The monoisotopic (exact) mass is 321 g/mol. The van der Waals surface area contributed by atoms with Crippen molar-refractivity contribution < 1.29 is 9.21 Å². The summed E-state index contributed by atoms with van der Waals surface area (Å²) < 4.78 is 5.59. The van der Waals surface area contributed by atoms with Gasteiger partial charge in [-0.2, -0.15) is 0 Å².